The molecule has 1 heterocycles. The van der Waals surface area contributed by atoms with Gasteiger partial charge in [-0.2, -0.15) is 5.26 Å². The summed E-state index contributed by atoms with van der Waals surface area (Å²) in [7, 11) is 0. The predicted octanol–water partition coefficient (Wildman–Crippen LogP) is 4.22. The summed E-state index contributed by atoms with van der Waals surface area (Å²) in [5, 5.41) is 8.90. The smallest absolute Gasteiger partial charge is 0.0624 e. The maximum Gasteiger partial charge on any atom is 0.0624 e. The van der Waals surface area contributed by atoms with Crippen molar-refractivity contribution >= 4 is 21.6 Å². The molecule has 0 bridgehead atoms. The fraction of sp³-hybridized carbons (Fsp3) is 0.533. The van der Waals surface area contributed by atoms with Gasteiger partial charge in [0.05, 0.1) is 6.07 Å². The summed E-state index contributed by atoms with van der Waals surface area (Å²) in [6.07, 6.45) is 1.78. The van der Waals surface area contributed by atoms with Crippen molar-refractivity contribution < 1.29 is 0 Å². The molecule has 1 fully saturated rings. The van der Waals surface area contributed by atoms with Crippen molar-refractivity contribution in [2.24, 2.45) is 11.3 Å². The second-order valence-corrected chi connectivity index (χ2v) is 6.65. The Morgan fingerprint density at radius 1 is 1.50 bits per heavy atom. The van der Waals surface area contributed by atoms with E-state index in [9.17, 15) is 0 Å². The van der Waals surface area contributed by atoms with Crippen LogP contribution in [0.15, 0.2) is 28.7 Å². The van der Waals surface area contributed by atoms with Gasteiger partial charge in [0.25, 0.3) is 0 Å². The quantitative estimate of drug-likeness (QED) is 0.818. The fourth-order valence-electron chi connectivity index (χ4n) is 2.78. The van der Waals surface area contributed by atoms with Gasteiger partial charge < -0.3 is 4.90 Å². The number of hydrogen-bond acceptors (Lipinski definition) is 2. The Hall–Kier alpha value is -1.01. The average molecular weight is 307 g/mol. The van der Waals surface area contributed by atoms with Gasteiger partial charge in [0.2, 0.25) is 0 Å². The second kappa shape index (κ2) is 5.32. The van der Waals surface area contributed by atoms with Gasteiger partial charge in [0.15, 0.2) is 0 Å². The second-order valence-electron chi connectivity index (χ2n) is 5.74. The van der Waals surface area contributed by atoms with Crippen LogP contribution in [0, 0.1) is 22.7 Å². The van der Waals surface area contributed by atoms with E-state index in [4.69, 9.17) is 5.26 Å². The van der Waals surface area contributed by atoms with E-state index >= 15 is 0 Å². The molecule has 0 aromatic heterocycles. The molecule has 1 saturated heterocycles. The number of hydrogen-bond donors (Lipinski definition) is 0. The van der Waals surface area contributed by atoms with Gasteiger partial charge in [-0.05, 0) is 36.0 Å². The van der Waals surface area contributed by atoms with Crippen molar-refractivity contribution in [2.45, 2.75) is 26.7 Å². The van der Waals surface area contributed by atoms with E-state index in [1.165, 1.54) is 5.69 Å². The zero-order valence-corrected chi connectivity index (χ0v) is 12.6. The highest BCUT2D eigenvalue weighted by Crippen LogP contribution is 2.38. The molecule has 1 aromatic rings. The summed E-state index contributed by atoms with van der Waals surface area (Å²) in [4.78, 5) is 2.43. The normalized spacial score (nSPS) is 22.6. The molecule has 0 radical (unpaired) electrons. The first-order valence-corrected chi connectivity index (χ1v) is 7.20. The van der Waals surface area contributed by atoms with Crippen LogP contribution in [0.2, 0.25) is 0 Å². The van der Waals surface area contributed by atoms with Crippen LogP contribution in [0.25, 0.3) is 0 Å². The summed E-state index contributed by atoms with van der Waals surface area (Å²) in [6.45, 7) is 6.63. The van der Waals surface area contributed by atoms with Crippen LogP contribution in [-0.4, -0.2) is 13.1 Å². The van der Waals surface area contributed by atoms with Gasteiger partial charge in [-0.3, -0.25) is 0 Å². The number of anilines is 1. The van der Waals surface area contributed by atoms with Crippen molar-refractivity contribution in [3.05, 3.63) is 28.7 Å². The number of nitrogens with zero attached hydrogens (tertiary/aromatic N) is 2. The highest BCUT2D eigenvalue weighted by atomic mass is 79.9. The molecular formula is C15H19BrN2. The number of rotatable bonds is 2. The van der Waals surface area contributed by atoms with E-state index in [0.29, 0.717) is 12.3 Å². The lowest BCUT2D eigenvalue weighted by Gasteiger charge is -2.44. The molecule has 96 valence electrons. The molecule has 1 aliphatic heterocycles. The molecule has 0 saturated carbocycles. The van der Waals surface area contributed by atoms with Gasteiger partial charge >= 0.3 is 0 Å². The molecule has 1 unspecified atom stereocenters. The molecule has 18 heavy (non-hydrogen) atoms. The Balaban J connectivity index is 2.14. The minimum absolute atomic E-state index is 0.205. The van der Waals surface area contributed by atoms with E-state index in [1.54, 1.807) is 0 Å². The molecule has 0 N–H and O–H groups in total. The maximum absolute atomic E-state index is 8.90. The minimum Gasteiger partial charge on any atom is -0.371 e. The lowest BCUT2D eigenvalue weighted by Crippen LogP contribution is -2.45. The van der Waals surface area contributed by atoms with E-state index < -0.39 is 0 Å². The Labute approximate surface area is 118 Å². The largest absolute Gasteiger partial charge is 0.371 e. The molecule has 3 heteroatoms. The van der Waals surface area contributed by atoms with Crippen LogP contribution in [-0.2, 0) is 0 Å². The van der Waals surface area contributed by atoms with E-state index in [-0.39, 0.29) is 5.41 Å². The number of nitriles is 1. The van der Waals surface area contributed by atoms with Crippen molar-refractivity contribution in [3.63, 3.8) is 0 Å². The third-order valence-electron chi connectivity index (χ3n) is 3.96. The number of halogens is 1. The standard InChI is InChI=1S/C15H19BrN2/c1-15(2)11-18(9-7-12(15)6-8-17)14-5-3-4-13(16)10-14/h3-5,10,12H,6-7,9,11H2,1-2H3. The predicted molar refractivity (Wildman–Crippen MR) is 78.5 cm³/mol. The van der Waals surface area contributed by atoms with Crippen LogP contribution >= 0.6 is 15.9 Å². The van der Waals surface area contributed by atoms with Crippen LogP contribution in [0.5, 0.6) is 0 Å². The number of benzene rings is 1. The highest BCUT2D eigenvalue weighted by Gasteiger charge is 2.35. The SMILES string of the molecule is CC1(C)CN(c2cccc(Br)c2)CCC1CC#N. The van der Waals surface area contributed by atoms with Gasteiger partial charge in [0.1, 0.15) is 0 Å². The van der Waals surface area contributed by atoms with Crippen molar-refractivity contribution in [3.8, 4) is 6.07 Å². The highest BCUT2D eigenvalue weighted by molar-refractivity contribution is 9.10. The van der Waals surface area contributed by atoms with Crippen LogP contribution in [0.4, 0.5) is 5.69 Å². The summed E-state index contributed by atoms with van der Waals surface area (Å²) in [5.74, 6) is 0.519. The third kappa shape index (κ3) is 2.87. The van der Waals surface area contributed by atoms with Gasteiger partial charge in [0, 0.05) is 29.7 Å². The molecular weight excluding hydrogens is 288 g/mol. The first-order valence-electron chi connectivity index (χ1n) is 6.40. The molecule has 2 nitrogen and oxygen atoms in total. The lowest BCUT2D eigenvalue weighted by atomic mass is 9.72. The van der Waals surface area contributed by atoms with E-state index in [0.717, 1.165) is 24.0 Å². The van der Waals surface area contributed by atoms with Crippen LogP contribution < -0.4 is 4.90 Å². The summed E-state index contributed by atoms with van der Waals surface area (Å²) < 4.78 is 1.12. The van der Waals surface area contributed by atoms with Gasteiger partial charge in [-0.25, -0.2) is 0 Å². The Bertz CT molecular complexity index is 462. The molecule has 1 aromatic carbocycles. The zero-order chi connectivity index (χ0) is 13.2. The third-order valence-corrected chi connectivity index (χ3v) is 4.46. The topological polar surface area (TPSA) is 27.0 Å². The summed E-state index contributed by atoms with van der Waals surface area (Å²) in [6, 6.07) is 10.8. The van der Waals surface area contributed by atoms with Gasteiger partial charge in [-0.1, -0.05) is 35.8 Å². The lowest BCUT2D eigenvalue weighted by molar-refractivity contribution is 0.179. The Morgan fingerprint density at radius 3 is 2.89 bits per heavy atom. The molecule has 2 rings (SSSR count). The fourth-order valence-corrected chi connectivity index (χ4v) is 3.17. The van der Waals surface area contributed by atoms with Crippen molar-refractivity contribution in [1.29, 1.82) is 5.26 Å². The Morgan fingerprint density at radius 2 is 2.28 bits per heavy atom. The van der Waals surface area contributed by atoms with Crippen molar-refractivity contribution in [1.82, 2.24) is 0 Å². The van der Waals surface area contributed by atoms with Crippen LogP contribution in [0.3, 0.4) is 0 Å². The number of piperidine rings is 1. The average Bonchev–Trinajstić information content (AvgIpc) is 2.31. The molecule has 1 aliphatic rings. The van der Waals surface area contributed by atoms with Crippen LogP contribution in [0.1, 0.15) is 26.7 Å². The summed E-state index contributed by atoms with van der Waals surface area (Å²) >= 11 is 3.52. The molecule has 0 aliphatic carbocycles. The van der Waals surface area contributed by atoms with E-state index in [2.05, 4.69) is 65.0 Å². The zero-order valence-electron chi connectivity index (χ0n) is 11.0. The Kier molecular flexibility index (Phi) is 3.97. The first kappa shape index (κ1) is 13.4. The molecule has 0 spiro atoms. The minimum atomic E-state index is 0.205. The van der Waals surface area contributed by atoms with E-state index in [1.807, 2.05) is 0 Å². The first-order chi connectivity index (χ1) is 8.53. The summed E-state index contributed by atoms with van der Waals surface area (Å²) in [5.41, 5.74) is 1.48. The monoisotopic (exact) mass is 306 g/mol. The maximum atomic E-state index is 8.90. The molecule has 1 atom stereocenters. The molecule has 0 amide bonds. The van der Waals surface area contributed by atoms with Crippen molar-refractivity contribution in [2.75, 3.05) is 18.0 Å². The van der Waals surface area contributed by atoms with Gasteiger partial charge in [-0.15, -0.1) is 0 Å².